The number of rotatable bonds is 4. The molecule has 0 N–H and O–H groups in total. The van der Waals surface area contributed by atoms with Gasteiger partial charge >= 0.3 is 7.12 Å². The van der Waals surface area contributed by atoms with Crippen LogP contribution in [0.1, 0.15) is 41.5 Å². The van der Waals surface area contributed by atoms with Crippen molar-refractivity contribution >= 4 is 18.7 Å². The van der Waals surface area contributed by atoms with Crippen LogP contribution in [0.15, 0.2) is 0 Å². The van der Waals surface area contributed by atoms with Gasteiger partial charge in [0.1, 0.15) is 0 Å². The monoisotopic (exact) mass is 246 g/mol. The van der Waals surface area contributed by atoms with Crippen molar-refractivity contribution in [2.45, 2.75) is 59.0 Å². The normalized spacial score (nSPS) is 28.5. The van der Waals surface area contributed by atoms with E-state index in [2.05, 4.69) is 41.5 Å². The van der Waals surface area contributed by atoms with Gasteiger partial charge in [0.25, 0.3) is 0 Å². The van der Waals surface area contributed by atoms with Crippen molar-refractivity contribution in [3.05, 3.63) is 0 Å². The summed E-state index contributed by atoms with van der Waals surface area (Å²) >= 11 is 6.31. The second-order valence-electron chi connectivity index (χ2n) is 5.75. The van der Waals surface area contributed by atoms with Crippen molar-refractivity contribution in [1.29, 1.82) is 0 Å². The van der Waals surface area contributed by atoms with Gasteiger partial charge < -0.3 is 9.31 Å². The minimum absolute atomic E-state index is 0.0648. The van der Waals surface area contributed by atoms with Crippen molar-refractivity contribution in [2.75, 3.05) is 0 Å². The van der Waals surface area contributed by atoms with Gasteiger partial charge in [-0.25, -0.2) is 0 Å². The van der Waals surface area contributed by atoms with Gasteiger partial charge in [0.15, 0.2) is 0 Å². The Bertz CT molecular complexity index is 205. The summed E-state index contributed by atoms with van der Waals surface area (Å²) in [4.78, 5) is 0. The highest BCUT2D eigenvalue weighted by Gasteiger charge is 2.46. The largest absolute Gasteiger partial charge is 0.476 e. The maximum absolute atomic E-state index is 6.31. The quantitative estimate of drug-likeness (QED) is 0.559. The molecule has 0 aliphatic carbocycles. The highest BCUT2D eigenvalue weighted by molar-refractivity contribution is 6.59. The van der Waals surface area contributed by atoms with E-state index in [0.717, 1.165) is 0 Å². The molecule has 0 unspecified atom stereocenters. The molecule has 1 aliphatic rings. The van der Waals surface area contributed by atoms with Crippen LogP contribution in [0.3, 0.4) is 0 Å². The lowest BCUT2D eigenvalue weighted by molar-refractivity contribution is 0.0815. The fourth-order valence-corrected chi connectivity index (χ4v) is 2.15. The zero-order chi connectivity index (χ0) is 12.5. The summed E-state index contributed by atoms with van der Waals surface area (Å²) in [5.41, 5.74) is 0. The van der Waals surface area contributed by atoms with Crippen LogP contribution < -0.4 is 0 Å². The van der Waals surface area contributed by atoms with E-state index in [4.69, 9.17) is 20.9 Å². The molecule has 0 amide bonds. The van der Waals surface area contributed by atoms with E-state index >= 15 is 0 Å². The van der Waals surface area contributed by atoms with Gasteiger partial charge in [-0.1, -0.05) is 41.5 Å². The topological polar surface area (TPSA) is 18.5 Å². The van der Waals surface area contributed by atoms with E-state index in [0.29, 0.717) is 17.8 Å². The number of hydrogen-bond acceptors (Lipinski definition) is 2. The van der Waals surface area contributed by atoms with E-state index in [9.17, 15) is 0 Å². The second-order valence-corrected chi connectivity index (χ2v) is 6.25. The Morgan fingerprint density at radius 1 is 0.875 bits per heavy atom. The Morgan fingerprint density at radius 3 is 1.50 bits per heavy atom. The first-order valence-corrected chi connectivity index (χ1v) is 6.73. The van der Waals surface area contributed by atoms with E-state index in [1.165, 1.54) is 0 Å². The van der Waals surface area contributed by atoms with Gasteiger partial charge in [0.05, 0.1) is 17.5 Å². The zero-order valence-corrected chi connectivity index (χ0v) is 12.0. The Kier molecular flexibility index (Phi) is 5.15. The van der Waals surface area contributed by atoms with Crippen LogP contribution in [-0.2, 0) is 9.31 Å². The number of alkyl halides is 1. The third-order valence-corrected chi connectivity index (χ3v) is 3.83. The summed E-state index contributed by atoms with van der Waals surface area (Å²) in [7, 11) is -0.249. The molecule has 1 aliphatic heterocycles. The molecule has 0 aromatic rings. The van der Waals surface area contributed by atoms with Crippen molar-refractivity contribution in [3.8, 4) is 0 Å². The summed E-state index contributed by atoms with van der Waals surface area (Å²) in [6, 6.07) is 0. The van der Waals surface area contributed by atoms with Crippen LogP contribution >= 0.6 is 11.6 Å². The van der Waals surface area contributed by atoms with Crippen LogP contribution in [-0.4, -0.2) is 24.6 Å². The molecule has 0 saturated carbocycles. The maximum Gasteiger partial charge on any atom is 0.476 e. The lowest BCUT2D eigenvalue weighted by Crippen LogP contribution is -2.33. The fourth-order valence-electron chi connectivity index (χ4n) is 2.03. The van der Waals surface area contributed by atoms with Crippen molar-refractivity contribution in [2.24, 2.45) is 17.8 Å². The van der Waals surface area contributed by atoms with Crippen LogP contribution in [0.2, 0.25) is 0 Å². The van der Waals surface area contributed by atoms with Crippen LogP contribution in [0.25, 0.3) is 0 Å². The van der Waals surface area contributed by atoms with Gasteiger partial charge in [-0.3, -0.25) is 0 Å². The van der Waals surface area contributed by atoms with E-state index in [1.807, 2.05) is 0 Å². The molecule has 0 spiro atoms. The molecule has 0 radical (unpaired) electrons. The molecule has 1 heterocycles. The molecule has 1 rings (SSSR count). The first-order chi connectivity index (χ1) is 7.34. The van der Waals surface area contributed by atoms with Crippen LogP contribution in [0.5, 0.6) is 0 Å². The Morgan fingerprint density at radius 2 is 1.25 bits per heavy atom. The first kappa shape index (κ1) is 14.3. The summed E-state index contributed by atoms with van der Waals surface area (Å²) in [6.07, 6.45) is 0.343. The average molecular weight is 247 g/mol. The molecular formula is C12H24BClO2. The average Bonchev–Trinajstić information content (AvgIpc) is 2.60. The van der Waals surface area contributed by atoms with Crippen LogP contribution in [0, 0.1) is 17.8 Å². The molecule has 0 aromatic heterocycles. The van der Waals surface area contributed by atoms with E-state index in [-0.39, 0.29) is 24.6 Å². The minimum Gasteiger partial charge on any atom is -0.404 e. The molecule has 0 aromatic carbocycles. The predicted molar refractivity (Wildman–Crippen MR) is 69.7 cm³/mol. The maximum atomic E-state index is 6.31. The van der Waals surface area contributed by atoms with Crippen molar-refractivity contribution < 1.29 is 9.31 Å². The van der Waals surface area contributed by atoms with Gasteiger partial charge in [0, 0.05) is 0 Å². The van der Waals surface area contributed by atoms with Gasteiger partial charge in [-0.05, 0) is 17.8 Å². The van der Waals surface area contributed by atoms with Crippen LogP contribution in [0.4, 0.5) is 0 Å². The molecule has 94 valence electrons. The molecule has 4 heteroatoms. The lowest BCUT2D eigenvalue weighted by Gasteiger charge is -2.24. The van der Waals surface area contributed by atoms with Crippen molar-refractivity contribution in [1.82, 2.24) is 0 Å². The summed E-state index contributed by atoms with van der Waals surface area (Å²) in [5, 5.41) is -0.0648. The third-order valence-electron chi connectivity index (χ3n) is 3.12. The predicted octanol–water partition coefficient (Wildman–Crippen LogP) is 3.37. The molecule has 2 nitrogen and oxygen atoms in total. The summed E-state index contributed by atoms with van der Waals surface area (Å²) in [6.45, 7) is 12.9. The minimum atomic E-state index is -0.249. The van der Waals surface area contributed by atoms with Gasteiger partial charge in [0.2, 0.25) is 0 Å². The molecular weight excluding hydrogens is 222 g/mol. The lowest BCUT2D eigenvalue weighted by atomic mass is 9.78. The molecule has 1 fully saturated rings. The highest BCUT2D eigenvalue weighted by atomic mass is 35.5. The van der Waals surface area contributed by atoms with Crippen molar-refractivity contribution in [3.63, 3.8) is 0 Å². The second kappa shape index (κ2) is 5.75. The SMILES string of the molecule is CC(C)[C@H]1OB([C@H](Cl)C(C)C)O[C@@H]1C(C)C. The summed E-state index contributed by atoms with van der Waals surface area (Å²) < 4.78 is 11.9. The fraction of sp³-hybridized carbons (Fsp3) is 1.00. The molecule has 0 bridgehead atoms. The van der Waals surface area contributed by atoms with E-state index in [1.54, 1.807) is 0 Å². The van der Waals surface area contributed by atoms with E-state index < -0.39 is 0 Å². The van der Waals surface area contributed by atoms with Gasteiger partial charge in [-0.2, -0.15) is 0 Å². The highest BCUT2D eigenvalue weighted by Crippen LogP contribution is 2.31. The Balaban J connectivity index is 2.69. The smallest absolute Gasteiger partial charge is 0.404 e. The molecule has 3 atom stereocenters. The first-order valence-electron chi connectivity index (χ1n) is 6.29. The number of hydrogen-bond donors (Lipinski definition) is 0. The Labute approximate surface area is 105 Å². The standard InChI is InChI=1S/C12H24BClO2/c1-7(2)10-11(8(3)4)16-13(15-10)12(14)9(5)6/h7-12H,1-6H3/t10-,11-,12-/m1/s1. The third kappa shape index (κ3) is 3.15. The summed E-state index contributed by atoms with van der Waals surface area (Å²) in [5.74, 6) is 1.30. The Hall–Kier alpha value is 0.275. The molecule has 16 heavy (non-hydrogen) atoms. The zero-order valence-electron chi connectivity index (χ0n) is 11.2. The molecule has 1 saturated heterocycles. The number of halogens is 1. The van der Waals surface area contributed by atoms with Gasteiger partial charge in [-0.15, -0.1) is 11.6 Å².